The fraction of sp³-hybridized carbons (Fsp3) is 0.632. The second-order valence-electron chi connectivity index (χ2n) is 7.88. The highest BCUT2D eigenvalue weighted by Crippen LogP contribution is 2.40. The minimum Gasteiger partial charge on any atom is -0.317 e. The molecule has 0 bridgehead atoms. The largest absolute Gasteiger partial charge is 0.317 e. The van der Waals surface area contributed by atoms with E-state index in [1.54, 1.807) is 0 Å². The lowest BCUT2D eigenvalue weighted by atomic mass is 9.68. The third kappa shape index (κ3) is 4.11. The van der Waals surface area contributed by atoms with E-state index in [1.165, 1.54) is 0 Å². The summed E-state index contributed by atoms with van der Waals surface area (Å²) in [6.07, 6.45) is 3.91. The van der Waals surface area contributed by atoms with E-state index in [2.05, 4.69) is 26.1 Å². The fourth-order valence-electron chi connectivity index (χ4n) is 3.20. The zero-order valence-corrected chi connectivity index (χ0v) is 15.0. The molecule has 22 heavy (non-hydrogen) atoms. The summed E-state index contributed by atoms with van der Waals surface area (Å²) in [6.45, 7) is 10.6. The lowest BCUT2D eigenvalue weighted by Gasteiger charge is -2.38. The molecule has 0 atom stereocenters. The molecule has 1 fully saturated rings. The number of carbonyl (C=O) groups excluding carboxylic acids is 1. The molecule has 0 aliphatic carbocycles. The molecule has 1 heterocycles. The predicted molar refractivity (Wildman–Crippen MR) is 93.7 cm³/mol. The summed E-state index contributed by atoms with van der Waals surface area (Å²) >= 11 is 6.11. The van der Waals surface area contributed by atoms with Crippen LogP contribution in [0.4, 0.5) is 0 Å². The van der Waals surface area contributed by atoms with Gasteiger partial charge in [0, 0.05) is 16.0 Å². The average molecular weight is 322 g/mol. The normalized spacial score (nSPS) is 18.2. The first-order valence-electron chi connectivity index (χ1n) is 8.25. The SMILES string of the molecule is Cc1cc(C(=O)C2(CCC(C)(C)C)CCNCC2)ccc1Cl. The van der Waals surface area contributed by atoms with Crippen molar-refractivity contribution in [2.75, 3.05) is 13.1 Å². The highest BCUT2D eigenvalue weighted by Gasteiger charge is 2.40. The third-order valence-electron chi connectivity index (χ3n) is 4.82. The smallest absolute Gasteiger partial charge is 0.169 e. The molecule has 0 aromatic heterocycles. The Bertz CT molecular complexity index is 539. The first kappa shape index (κ1) is 17.5. The van der Waals surface area contributed by atoms with Crippen LogP contribution in [0.25, 0.3) is 0 Å². The maximum Gasteiger partial charge on any atom is 0.169 e. The van der Waals surface area contributed by atoms with Gasteiger partial charge in [0.05, 0.1) is 0 Å². The molecule has 1 saturated heterocycles. The fourth-order valence-corrected chi connectivity index (χ4v) is 3.32. The van der Waals surface area contributed by atoms with Crippen LogP contribution >= 0.6 is 11.6 Å². The number of benzene rings is 1. The topological polar surface area (TPSA) is 29.1 Å². The van der Waals surface area contributed by atoms with E-state index in [9.17, 15) is 4.79 Å². The predicted octanol–water partition coefficient (Wildman–Crippen LogP) is 5.03. The van der Waals surface area contributed by atoms with Gasteiger partial charge in [-0.15, -0.1) is 0 Å². The van der Waals surface area contributed by atoms with Gasteiger partial charge in [0.1, 0.15) is 0 Å². The van der Waals surface area contributed by atoms with E-state index in [0.717, 1.165) is 54.9 Å². The van der Waals surface area contributed by atoms with Crippen molar-refractivity contribution in [3.63, 3.8) is 0 Å². The molecule has 0 unspecified atom stereocenters. The van der Waals surface area contributed by atoms with Crippen LogP contribution in [0.2, 0.25) is 5.02 Å². The molecule has 0 radical (unpaired) electrons. The van der Waals surface area contributed by atoms with Crippen molar-refractivity contribution in [3.05, 3.63) is 34.3 Å². The van der Waals surface area contributed by atoms with Gasteiger partial charge in [-0.05, 0) is 74.9 Å². The quantitative estimate of drug-likeness (QED) is 0.788. The van der Waals surface area contributed by atoms with Crippen LogP contribution < -0.4 is 5.32 Å². The van der Waals surface area contributed by atoms with E-state index in [-0.39, 0.29) is 10.8 Å². The molecule has 0 saturated carbocycles. The number of ketones is 1. The van der Waals surface area contributed by atoms with Crippen molar-refractivity contribution in [1.29, 1.82) is 0 Å². The number of halogens is 1. The Morgan fingerprint density at radius 2 is 1.91 bits per heavy atom. The molecule has 0 spiro atoms. The van der Waals surface area contributed by atoms with Gasteiger partial charge in [-0.2, -0.15) is 0 Å². The average Bonchev–Trinajstić information content (AvgIpc) is 2.47. The van der Waals surface area contributed by atoms with Gasteiger partial charge >= 0.3 is 0 Å². The van der Waals surface area contributed by atoms with Crippen LogP contribution in [0.1, 0.15) is 62.4 Å². The molecule has 1 N–H and O–H groups in total. The van der Waals surface area contributed by atoms with Crippen molar-refractivity contribution in [2.24, 2.45) is 10.8 Å². The third-order valence-corrected chi connectivity index (χ3v) is 5.24. The van der Waals surface area contributed by atoms with Crippen LogP contribution in [-0.2, 0) is 0 Å². The van der Waals surface area contributed by atoms with Crippen LogP contribution in [0.3, 0.4) is 0 Å². The van der Waals surface area contributed by atoms with Crippen molar-refractivity contribution in [1.82, 2.24) is 5.32 Å². The van der Waals surface area contributed by atoms with Crippen molar-refractivity contribution in [2.45, 2.75) is 53.4 Å². The number of Topliss-reactive ketones (excluding diaryl/α,β-unsaturated/α-hetero) is 1. The van der Waals surface area contributed by atoms with Gasteiger partial charge in [0.15, 0.2) is 5.78 Å². The van der Waals surface area contributed by atoms with Crippen molar-refractivity contribution >= 4 is 17.4 Å². The zero-order chi connectivity index (χ0) is 16.4. The Balaban J connectivity index is 2.27. The first-order valence-corrected chi connectivity index (χ1v) is 8.63. The number of hydrogen-bond donors (Lipinski definition) is 1. The lowest BCUT2D eigenvalue weighted by Crippen LogP contribution is -2.42. The minimum absolute atomic E-state index is 0.210. The van der Waals surface area contributed by atoms with Crippen molar-refractivity contribution < 1.29 is 4.79 Å². The van der Waals surface area contributed by atoms with Crippen LogP contribution in [0.15, 0.2) is 18.2 Å². The number of hydrogen-bond acceptors (Lipinski definition) is 2. The van der Waals surface area contributed by atoms with Crippen LogP contribution in [-0.4, -0.2) is 18.9 Å². The maximum absolute atomic E-state index is 13.2. The summed E-state index contributed by atoms with van der Waals surface area (Å²) < 4.78 is 0. The summed E-state index contributed by atoms with van der Waals surface area (Å²) in [4.78, 5) is 13.2. The Hall–Kier alpha value is -0.860. The van der Waals surface area contributed by atoms with Gasteiger partial charge in [-0.3, -0.25) is 4.79 Å². The van der Waals surface area contributed by atoms with Crippen LogP contribution in [0.5, 0.6) is 0 Å². The summed E-state index contributed by atoms with van der Waals surface area (Å²) in [5, 5.41) is 4.12. The molecule has 1 aromatic carbocycles. The summed E-state index contributed by atoms with van der Waals surface area (Å²) in [7, 11) is 0. The maximum atomic E-state index is 13.2. The van der Waals surface area contributed by atoms with E-state index in [0.29, 0.717) is 5.78 Å². The molecular formula is C19H28ClNO. The molecule has 2 rings (SSSR count). The van der Waals surface area contributed by atoms with E-state index < -0.39 is 0 Å². The summed E-state index contributed by atoms with van der Waals surface area (Å²) in [5.74, 6) is 0.304. The zero-order valence-electron chi connectivity index (χ0n) is 14.3. The molecule has 122 valence electrons. The molecule has 0 amide bonds. The summed E-state index contributed by atoms with van der Waals surface area (Å²) in [5.41, 5.74) is 1.84. The number of aryl methyl sites for hydroxylation is 1. The van der Waals surface area contributed by atoms with Gasteiger partial charge in [-0.25, -0.2) is 0 Å². The van der Waals surface area contributed by atoms with Crippen LogP contribution in [0, 0.1) is 17.8 Å². The highest BCUT2D eigenvalue weighted by atomic mass is 35.5. The van der Waals surface area contributed by atoms with Gasteiger partial charge in [-0.1, -0.05) is 32.4 Å². The molecule has 1 aliphatic heterocycles. The summed E-state index contributed by atoms with van der Waals surface area (Å²) in [6, 6.07) is 5.69. The van der Waals surface area contributed by atoms with Gasteiger partial charge < -0.3 is 5.32 Å². The highest BCUT2D eigenvalue weighted by molar-refractivity contribution is 6.31. The van der Waals surface area contributed by atoms with E-state index >= 15 is 0 Å². The molecular weight excluding hydrogens is 294 g/mol. The minimum atomic E-state index is -0.210. The number of piperidine rings is 1. The number of nitrogens with one attached hydrogen (secondary N) is 1. The Morgan fingerprint density at radius 3 is 2.45 bits per heavy atom. The molecule has 1 aliphatic rings. The van der Waals surface area contributed by atoms with Gasteiger partial charge in [0.25, 0.3) is 0 Å². The van der Waals surface area contributed by atoms with E-state index in [1.807, 2.05) is 25.1 Å². The first-order chi connectivity index (χ1) is 10.2. The lowest BCUT2D eigenvalue weighted by molar-refractivity contribution is 0.0677. The second-order valence-corrected chi connectivity index (χ2v) is 8.29. The van der Waals surface area contributed by atoms with Gasteiger partial charge in [0.2, 0.25) is 0 Å². The molecule has 1 aromatic rings. The van der Waals surface area contributed by atoms with Crippen molar-refractivity contribution in [3.8, 4) is 0 Å². The monoisotopic (exact) mass is 321 g/mol. The molecule has 3 heteroatoms. The second kappa shape index (κ2) is 6.72. The number of carbonyl (C=O) groups is 1. The van der Waals surface area contributed by atoms with E-state index in [4.69, 9.17) is 11.6 Å². The Morgan fingerprint density at radius 1 is 1.27 bits per heavy atom. The Kier molecular flexibility index (Phi) is 5.34. The molecule has 2 nitrogen and oxygen atoms in total. The standard InChI is InChI=1S/C19H28ClNO/c1-14-13-15(5-6-16(14)20)17(22)19(8-7-18(2,3)4)9-11-21-12-10-19/h5-6,13,21H,7-12H2,1-4H3. The number of rotatable bonds is 4. The Labute approximate surface area is 139 Å².